The van der Waals surface area contributed by atoms with Gasteiger partial charge in [0.1, 0.15) is 5.75 Å². The number of halogens is 1. The van der Waals surface area contributed by atoms with Crippen molar-refractivity contribution in [1.29, 1.82) is 0 Å². The molecule has 0 unspecified atom stereocenters. The highest BCUT2D eigenvalue weighted by Crippen LogP contribution is 2.26. The monoisotopic (exact) mass is 403 g/mol. The number of benzene rings is 2. The van der Waals surface area contributed by atoms with Crippen LogP contribution in [0, 0.1) is 0 Å². The van der Waals surface area contributed by atoms with Gasteiger partial charge in [-0.15, -0.1) is 0 Å². The van der Waals surface area contributed by atoms with Crippen LogP contribution in [-0.4, -0.2) is 40.4 Å². The Morgan fingerprint density at radius 3 is 2.39 bits per heavy atom. The average Bonchev–Trinajstić information content (AvgIpc) is 2.71. The van der Waals surface area contributed by atoms with Gasteiger partial charge in [-0.3, -0.25) is 4.90 Å². The first-order valence-electron chi connectivity index (χ1n) is 10.1. The topological polar surface area (TPSA) is 52.9 Å². The highest BCUT2D eigenvalue weighted by molar-refractivity contribution is 6.31. The third kappa shape index (κ3) is 6.21. The summed E-state index contributed by atoms with van der Waals surface area (Å²) in [5, 5.41) is 21.4. The van der Waals surface area contributed by atoms with Crippen molar-refractivity contribution < 1.29 is 14.9 Å². The molecule has 5 heteroatoms. The molecule has 4 nitrogen and oxygen atoms in total. The van der Waals surface area contributed by atoms with Gasteiger partial charge in [-0.05, 0) is 30.5 Å². The Bertz CT molecular complexity index is 733. The Morgan fingerprint density at radius 1 is 1.00 bits per heavy atom. The van der Waals surface area contributed by atoms with Gasteiger partial charge < -0.3 is 14.9 Å². The number of phenols is 1. The van der Waals surface area contributed by atoms with E-state index in [1.54, 1.807) is 6.07 Å². The first-order chi connectivity index (χ1) is 13.6. The van der Waals surface area contributed by atoms with Crippen molar-refractivity contribution in [3.05, 3.63) is 64.7 Å². The SMILES string of the molecule is Oc1ccccc1CN(C[C@@H](O)COCc1ccccc1Cl)C1CCCCC1. The van der Waals surface area contributed by atoms with Crippen LogP contribution in [0.15, 0.2) is 48.5 Å². The maximum Gasteiger partial charge on any atom is 0.120 e. The van der Waals surface area contributed by atoms with E-state index >= 15 is 0 Å². The summed E-state index contributed by atoms with van der Waals surface area (Å²) in [6.45, 7) is 1.81. The molecule has 0 amide bonds. The number of phenolic OH excluding ortho intramolecular Hbond substituents is 1. The molecule has 0 bridgehead atoms. The summed E-state index contributed by atoms with van der Waals surface area (Å²) < 4.78 is 5.71. The quantitative estimate of drug-likeness (QED) is 0.633. The van der Waals surface area contributed by atoms with E-state index in [9.17, 15) is 10.2 Å². The molecule has 2 aromatic carbocycles. The van der Waals surface area contributed by atoms with Gasteiger partial charge in [-0.25, -0.2) is 0 Å². The van der Waals surface area contributed by atoms with Crippen LogP contribution in [0.2, 0.25) is 5.02 Å². The van der Waals surface area contributed by atoms with E-state index in [0.717, 1.165) is 24.0 Å². The fourth-order valence-corrected chi connectivity index (χ4v) is 4.09. The number of ether oxygens (including phenoxy) is 1. The molecule has 0 saturated heterocycles. The minimum Gasteiger partial charge on any atom is -0.508 e. The molecule has 0 aromatic heterocycles. The van der Waals surface area contributed by atoms with Crippen molar-refractivity contribution in [3.8, 4) is 5.75 Å². The van der Waals surface area contributed by atoms with Crippen LogP contribution in [0.5, 0.6) is 5.75 Å². The Labute approximate surface area is 172 Å². The van der Waals surface area contributed by atoms with Crippen LogP contribution < -0.4 is 0 Å². The Hall–Kier alpha value is -1.59. The van der Waals surface area contributed by atoms with Gasteiger partial charge in [-0.1, -0.05) is 67.3 Å². The Balaban J connectivity index is 1.56. The number of hydrogen-bond acceptors (Lipinski definition) is 4. The van der Waals surface area contributed by atoms with Crippen molar-refractivity contribution in [3.63, 3.8) is 0 Å². The van der Waals surface area contributed by atoms with E-state index in [-0.39, 0.29) is 6.61 Å². The first-order valence-corrected chi connectivity index (χ1v) is 10.5. The molecule has 1 aliphatic carbocycles. The van der Waals surface area contributed by atoms with Crippen molar-refractivity contribution in [2.24, 2.45) is 0 Å². The lowest BCUT2D eigenvalue weighted by Gasteiger charge is -2.35. The Kier molecular flexibility index (Phi) is 8.16. The van der Waals surface area contributed by atoms with Crippen molar-refractivity contribution >= 4 is 11.6 Å². The van der Waals surface area contributed by atoms with Gasteiger partial charge in [-0.2, -0.15) is 0 Å². The minimum atomic E-state index is -0.588. The number of rotatable bonds is 9. The highest BCUT2D eigenvalue weighted by Gasteiger charge is 2.24. The molecule has 0 spiro atoms. The summed E-state index contributed by atoms with van der Waals surface area (Å²) >= 11 is 6.16. The van der Waals surface area contributed by atoms with Crippen LogP contribution in [0.4, 0.5) is 0 Å². The molecule has 2 N–H and O–H groups in total. The van der Waals surface area contributed by atoms with Gasteiger partial charge in [0.25, 0.3) is 0 Å². The summed E-state index contributed by atoms with van der Waals surface area (Å²) in [7, 11) is 0. The average molecular weight is 404 g/mol. The molecule has 1 aliphatic rings. The van der Waals surface area contributed by atoms with E-state index in [2.05, 4.69) is 4.90 Å². The zero-order valence-electron chi connectivity index (χ0n) is 16.3. The zero-order valence-corrected chi connectivity index (χ0v) is 17.0. The molecule has 152 valence electrons. The van der Waals surface area contributed by atoms with Crippen molar-refractivity contribution in [2.45, 2.75) is 57.4 Å². The van der Waals surface area contributed by atoms with Gasteiger partial charge in [0.05, 0.1) is 19.3 Å². The van der Waals surface area contributed by atoms with E-state index in [1.165, 1.54) is 19.3 Å². The number of para-hydroxylation sites is 1. The molecule has 28 heavy (non-hydrogen) atoms. The van der Waals surface area contributed by atoms with Gasteiger partial charge in [0.2, 0.25) is 0 Å². The third-order valence-corrected chi connectivity index (χ3v) is 5.80. The fraction of sp³-hybridized carbons (Fsp3) is 0.478. The maximum absolute atomic E-state index is 10.6. The van der Waals surface area contributed by atoms with Gasteiger partial charge >= 0.3 is 0 Å². The number of aromatic hydroxyl groups is 1. The minimum absolute atomic E-state index is 0.259. The molecule has 0 heterocycles. The lowest BCUT2D eigenvalue weighted by molar-refractivity contribution is -0.00348. The zero-order chi connectivity index (χ0) is 19.8. The second-order valence-corrected chi connectivity index (χ2v) is 8.02. The number of hydrogen-bond donors (Lipinski definition) is 2. The molecule has 3 rings (SSSR count). The van der Waals surface area contributed by atoms with E-state index < -0.39 is 6.10 Å². The lowest BCUT2D eigenvalue weighted by Crippen LogP contribution is -2.42. The van der Waals surface area contributed by atoms with Gasteiger partial charge in [0.15, 0.2) is 0 Å². The summed E-state index contributed by atoms with van der Waals surface area (Å²) in [5.41, 5.74) is 1.83. The molecule has 1 atom stereocenters. The third-order valence-electron chi connectivity index (χ3n) is 5.43. The van der Waals surface area contributed by atoms with Crippen LogP contribution in [0.25, 0.3) is 0 Å². The second kappa shape index (κ2) is 10.8. The molecule has 2 aromatic rings. The predicted molar refractivity (Wildman–Crippen MR) is 113 cm³/mol. The molecular weight excluding hydrogens is 374 g/mol. The summed E-state index contributed by atoms with van der Waals surface area (Å²) in [4.78, 5) is 2.30. The maximum atomic E-state index is 10.6. The largest absolute Gasteiger partial charge is 0.508 e. The van der Waals surface area contributed by atoms with Crippen LogP contribution in [0.1, 0.15) is 43.2 Å². The summed E-state index contributed by atoms with van der Waals surface area (Å²) in [6.07, 6.45) is 5.42. The fourth-order valence-electron chi connectivity index (χ4n) is 3.90. The van der Waals surface area contributed by atoms with Crippen LogP contribution in [0.3, 0.4) is 0 Å². The molecule has 0 radical (unpaired) electrons. The predicted octanol–water partition coefficient (Wildman–Crippen LogP) is 4.76. The molecule has 1 saturated carbocycles. The van der Waals surface area contributed by atoms with Crippen LogP contribution >= 0.6 is 11.6 Å². The van der Waals surface area contributed by atoms with Crippen LogP contribution in [-0.2, 0) is 17.9 Å². The smallest absolute Gasteiger partial charge is 0.120 e. The highest BCUT2D eigenvalue weighted by atomic mass is 35.5. The van der Waals surface area contributed by atoms with E-state index in [1.807, 2.05) is 42.5 Å². The number of aliphatic hydroxyl groups excluding tert-OH is 1. The van der Waals surface area contributed by atoms with Crippen molar-refractivity contribution in [2.75, 3.05) is 13.2 Å². The standard InChI is InChI=1S/C23H30ClNO3/c24-22-12-6-4-9-19(22)16-28-17-21(26)15-25(20-10-2-1-3-11-20)14-18-8-5-7-13-23(18)27/h4-9,12-13,20-21,26-27H,1-3,10-11,14-17H2/t21-/m1/s1. The van der Waals surface area contributed by atoms with E-state index in [4.69, 9.17) is 16.3 Å². The molecular formula is C23H30ClNO3. The number of aliphatic hydroxyl groups is 1. The Morgan fingerprint density at radius 2 is 1.68 bits per heavy atom. The summed E-state index contributed by atoms with van der Waals surface area (Å²) in [6, 6.07) is 15.5. The van der Waals surface area contributed by atoms with Crippen molar-refractivity contribution in [1.82, 2.24) is 4.90 Å². The second-order valence-electron chi connectivity index (χ2n) is 7.61. The lowest BCUT2D eigenvalue weighted by atomic mass is 9.93. The summed E-state index contributed by atoms with van der Waals surface area (Å²) in [5.74, 6) is 0.313. The molecule has 0 aliphatic heterocycles. The normalized spacial score (nSPS) is 16.4. The molecule has 1 fully saturated rings. The number of nitrogens with zero attached hydrogens (tertiary/aromatic N) is 1. The van der Waals surface area contributed by atoms with Gasteiger partial charge in [0, 0.05) is 29.7 Å². The first kappa shape index (κ1) is 21.1. The van der Waals surface area contributed by atoms with E-state index in [0.29, 0.717) is 36.5 Å².